The summed E-state index contributed by atoms with van der Waals surface area (Å²) in [6, 6.07) is 18.7. The number of rotatable bonds is 6. The molecule has 1 atom stereocenters. The van der Waals surface area contributed by atoms with E-state index in [9.17, 15) is 18.0 Å². The van der Waals surface area contributed by atoms with E-state index in [0.717, 1.165) is 50.0 Å². The molecule has 3 aromatic rings. The van der Waals surface area contributed by atoms with Gasteiger partial charge >= 0.3 is 12.2 Å². The Hall–Kier alpha value is -3.55. The second-order valence-corrected chi connectivity index (χ2v) is 8.63. The first-order valence-corrected chi connectivity index (χ1v) is 11.5. The Balaban J connectivity index is 1.28. The number of aryl methyl sites for hydroxylation is 1. The van der Waals surface area contributed by atoms with Crippen LogP contribution in [0.15, 0.2) is 66.7 Å². The molecule has 34 heavy (non-hydrogen) atoms. The molecule has 5 rings (SSSR count). The van der Waals surface area contributed by atoms with Gasteiger partial charge in [0.2, 0.25) is 0 Å². The zero-order valence-electron chi connectivity index (χ0n) is 18.6. The number of carbonyl (C=O) groups excluding carboxylic acids is 1. The van der Waals surface area contributed by atoms with Crippen molar-refractivity contribution in [2.45, 2.75) is 38.0 Å². The Morgan fingerprint density at radius 2 is 1.85 bits per heavy atom. The average molecular weight is 467 g/mol. The smallest absolute Gasteiger partial charge is 0.347 e. The second-order valence-electron chi connectivity index (χ2n) is 8.63. The fraction of sp³-hybridized carbons (Fsp3) is 0.308. The fourth-order valence-corrected chi connectivity index (χ4v) is 4.53. The van der Waals surface area contributed by atoms with Crippen LogP contribution in [0.2, 0.25) is 0 Å². The molecule has 3 heterocycles. The van der Waals surface area contributed by atoms with E-state index in [1.807, 2.05) is 24.3 Å². The van der Waals surface area contributed by atoms with Gasteiger partial charge in [-0.05, 0) is 49.1 Å². The van der Waals surface area contributed by atoms with E-state index in [0.29, 0.717) is 23.6 Å². The molecular weight excluding hydrogens is 441 g/mol. The van der Waals surface area contributed by atoms with Crippen LogP contribution in [-0.2, 0) is 12.6 Å². The number of nitrogens with zero attached hydrogens (tertiary/aromatic N) is 3. The lowest BCUT2D eigenvalue weighted by Crippen LogP contribution is -2.57. The van der Waals surface area contributed by atoms with Crippen LogP contribution < -0.4 is 15.1 Å². The minimum Gasteiger partial charge on any atom is -0.347 e. The summed E-state index contributed by atoms with van der Waals surface area (Å²) in [4.78, 5) is 21.4. The van der Waals surface area contributed by atoms with Gasteiger partial charge in [0.25, 0.3) is 0 Å². The number of aromatic nitrogens is 1. The number of pyridine rings is 1. The first kappa shape index (κ1) is 22.3. The third-order valence-electron chi connectivity index (χ3n) is 6.39. The van der Waals surface area contributed by atoms with E-state index in [4.69, 9.17) is 0 Å². The molecule has 8 heteroatoms. The number of carbonyl (C=O) groups is 1. The highest BCUT2D eigenvalue weighted by atomic mass is 19.4. The molecule has 2 amide bonds. The molecule has 5 nitrogen and oxygen atoms in total. The molecule has 2 aromatic carbocycles. The lowest BCUT2D eigenvalue weighted by molar-refractivity contribution is -0.137. The average Bonchev–Trinajstić information content (AvgIpc) is 3.04. The number of amides is 2. The molecule has 1 unspecified atom stereocenters. The van der Waals surface area contributed by atoms with E-state index in [2.05, 4.69) is 27.3 Å². The second kappa shape index (κ2) is 9.00. The summed E-state index contributed by atoms with van der Waals surface area (Å²) in [5, 5.41) is 3.00. The Labute approximate surface area is 196 Å². The van der Waals surface area contributed by atoms with Gasteiger partial charge in [-0.2, -0.15) is 13.2 Å². The lowest BCUT2D eigenvalue weighted by Gasteiger charge is -2.39. The predicted molar refractivity (Wildman–Crippen MR) is 126 cm³/mol. The van der Waals surface area contributed by atoms with Crippen LogP contribution in [0.25, 0.3) is 11.3 Å². The lowest BCUT2D eigenvalue weighted by atomic mass is 10.1. The van der Waals surface area contributed by atoms with E-state index >= 15 is 0 Å². The SMILES string of the molecule is O=C(NCCCCc1ccccc1)N1c2nc(-c3cccc(C(F)(F)F)c3)ccc2N2CCC21. The van der Waals surface area contributed by atoms with E-state index in [1.165, 1.54) is 11.6 Å². The van der Waals surface area contributed by atoms with Crippen molar-refractivity contribution in [1.29, 1.82) is 0 Å². The van der Waals surface area contributed by atoms with Crippen molar-refractivity contribution in [3.8, 4) is 11.3 Å². The summed E-state index contributed by atoms with van der Waals surface area (Å²) in [5.74, 6) is 0.499. The highest BCUT2D eigenvalue weighted by Gasteiger charge is 2.46. The van der Waals surface area contributed by atoms with Gasteiger partial charge in [-0.1, -0.05) is 42.5 Å². The number of fused-ring (bicyclic) bond motifs is 3. The van der Waals surface area contributed by atoms with Crippen LogP contribution in [0.3, 0.4) is 0 Å². The molecule has 176 valence electrons. The van der Waals surface area contributed by atoms with Crippen molar-refractivity contribution in [1.82, 2.24) is 10.3 Å². The summed E-state index contributed by atoms with van der Waals surface area (Å²) >= 11 is 0. The van der Waals surface area contributed by atoms with Crippen LogP contribution in [-0.4, -0.2) is 30.3 Å². The number of urea groups is 1. The number of alkyl halides is 3. The summed E-state index contributed by atoms with van der Waals surface area (Å²) < 4.78 is 39.5. The minimum absolute atomic E-state index is 0.0939. The Kier molecular flexibility index (Phi) is 5.89. The number of benzene rings is 2. The van der Waals surface area contributed by atoms with Gasteiger partial charge in [-0.3, -0.25) is 4.90 Å². The van der Waals surface area contributed by atoms with Crippen molar-refractivity contribution in [2.75, 3.05) is 22.9 Å². The summed E-state index contributed by atoms with van der Waals surface area (Å²) in [7, 11) is 0. The van der Waals surface area contributed by atoms with Crippen LogP contribution in [0, 0.1) is 0 Å². The molecule has 0 bridgehead atoms. The number of hydrogen-bond acceptors (Lipinski definition) is 3. The molecular formula is C26H25F3N4O. The largest absolute Gasteiger partial charge is 0.416 e. The third kappa shape index (κ3) is 4.32. The van der Waals surface area contributed by atoms with Gasteiger partial charge in [0.05, 0.1) is 16.9 Å². The summed E-state index contributed by atoms with van der Waals surface area (Å²) in [5.41, 5.74) is 2.17. The number of nitrogens with one attached hydrogen (secondary N) is 1. The maximum atomic E-state index is 13.2. The van der Waals surface area contributed by atoms with Crippen molar-refractivity contribution in [3.63, 3.8) is 0 Å². The summed E-state index contributed by atoms with van der Waals surface area (Å²) in [6.45, 7) is 1.38. The molecule has 1 saturated heterocycles. The van der Waals surface area contributed by atoms with Crippen LogP contribution in [0.5, 0.6) is 0 Å². The van der Waals surface area contributed by atoms with Crippen molar-refractivity contribution in [3.05, 3.63) is 77.9 Å². The zero-order chi connectivity index (χ0) is 23.7. The highest BCUT2D eigenvalue weighted by molar-refractivity contribution is 5.99. The molecule has 0 spiro atoms. The molecule has 0 saturated carbocycles. The van der Waals surface area contributed by atoms with E-state index < -0.39 is 11.7 Å². The van der Waals surface area contributed by atoms with Crippen molar-refractivity contribution in [2.24, 2.45) is 0 Å². The van der Waals surface area contributed by atoms with Crippen molar-refractivity contribution >= 4 is 17.5 Å². The minimum atomic E-state index is -4.43. The van der Waals surface area contributed by atoms with Crippen LogP contribution in [0.4, 0.5) is 29.5 Å². The zero-order valence-corrected chi connectivity index (χ0v) is 18.6. The van der Waals surface area contributed by atoms with Crippen LogP contribution >= 0.6 is 0 Å². The molecule has 1 aromatic heterocycles. The van der Waals surface area contributed by atoms with Gasteiger partial charge in [0.15, 0.2) is 5.82 Å². The van der Waals surface area contributed by atoms with Gasteiger partial charge in [-0.25, -0.2) is 9.78 Å². The molecule has 0 radical (unpaired) electrons. The Morgan fingerprint density at radius 1 is 1.03 bits per heavy atom. The first-order chi connectivity index (χ1) is 16.4. The molecule has 1 N–H and O–H groups in total. The molecule has 1 fully saturated rings. The first-order valence-electron chi connectivity index (χ1n) is 11.5. The third-order valence-corrected chi connectivity index (χ3v) is 6.39. The Morgan fingerprint density at radius 3 is 2.59 bits per heavy atom. The predicted octanol–water partition coefficient (Wildman–Crippen LogP) is 5.86. The monoisotopic (exact) mass is 466 g/mol. The van der Waals surface area contributed by atoms with Gasteiger partial charge in [-0.15, -0.1) is 0 Å². The van der Waals surface area contributed by atoms with Crippen LogP contribution in [0.1, 0.15) is 30.4 Å². The topological polar surface area (TPSA) is 48.5 Å². The van der Waals surface area contributed by atoms with Gasteiger partial charge in [0, 0.05) is 25.1 Å². The number of anilines is 2. The van der Waals surface area contributed by atoms with Gasteiger partial charge < -0.3 is 10.2 Å². The fourth-order valence-electron chi connectivity index (χ4n) is 4.53. The maximum Gasteiger partial charge on any atom is 0.416 e. The summed E-state index contributed by atoms with van der Waals surface area (Å²) in [6.07, 6.45) is -0.909. The van der Waals surface area contributed by atoms with Crippen molar-refractivity contribution < 1.29 is 18.0 Å². The van der Waals surface area contributed by atoms with Gasteiger partial charge in [0.1, 0.15) is 6.17 Å². The number of unbranched alkanes of at least 4 members (excludes halogenated alkanes) is 1. The van der Waals surface area contributed by atoms with E-state index in [-0.39, 0.29) is 12.2 Å². The number of halogens is 3. The Bertz CT molecular complexity index is 1180. The standard InChI is InChI=1S/C26H25F3N4O/c27-26(28,29)20-11-6-10-19(17-20)21-12-13-22-24(31-21)33(23-14-16-32(22)23)25(34)30-15-5-4-9-18-7-2-1-3-8-18/h1-3,6-8,10-13,17,23H,4-5,9,14-16H2,(H,30,34). The quantitative estimate of drug-likeness (QED) is 0.463. The maximum absolute atomic E-state index is 13.2. The number of hydrogen-bond donors (Lipinski definition) is 1. The van der Waals surface area contributed by atoms with E-state index in [1.54, 1.807) is 17.0 Å². The normalized spacial score (nSPS) is 16.6. The highest BCUT2D eigenvalue weighted by Crippen LogP contribution is 2.45. The molecule has 2 aliphatic rings. The molecule has 2 aliphatic heterocycles. The molecule has 0 aliphatic carbocycles.